The molecule has 4 saturated carbocycles. The zero-order chi connectivity index (χ0) is 17.6. The van der Waals surface area contributed by atoms with E-state index in [1.54, 1.807) is 0 Å². The minimum atomic E-state index is -5.30. The molecule has 4 bridgehead atoms. The highest BCUT2D eigenvalue weighted by molar-refractivity contribution is 7.90. The van der Waals surface area contributed by atoms with Crippen molar-refractivity contribution in [2.75, 3.05) is 13.2 Å². The number of halogens is 3. The molecule has 0 aromatic rings. The van der Waals surface area contributed by atoms with Gasteiger partial charge in [0.05, 0.1) is 6.61 Å². The molecule has 1 atom stereocenters. The summed E-state index contributed by atoms with van der Waals surface area (Å²) in [7, 11) is -5.30. The Labute approximate surface area is 140 Å². The molecule has 0 amide bonds. The van der Waals surface area contributed by atoms with E-state index >= 15 is 0 Å². The summed E-state index contributed by atoms with van der Waals surface area (Å²) in [6, 6.07) is 0. The van der Waals surface area contributed by atoms with Crippen molar-refractivity contribution in [2.24, 2.45) is 23.2 Å². The van der Waals surface area contributed by atoms with Crippen molar-refractivity contribution in [3.63, 3.8) is 0 Å². The highest BCUT2D eigenvalue weighted by Crippen LogP contribution is 2.61. The number of nitrogens with one attached hydrogen (secondary N) is 1. The Morgan fingerprint density at radius 3 is 2.08 bits per heavy atom. The monoisotopic (exact) mass is 371 g/mol. The zero-order valence-corrected chi connectivity index (χ0v) is 14.2. The van der Waals surface area contributed by atoms with Crippen LogP contribution in [0.5, 0.6) is 0 Å². The third kappa shape index (κ3) is 3.59. The lowest BCUT2D eigenvalue weighted by molar-refractivity contribution is -0.228. The Kier molecular flexibility index (Phi) is 4.92. The molecule has 0 spiro atoms. The van der Waals surface area contributed by atoms with Crippen LogP contribution in [-0.2, 0) is 14.8 Å². The molecule has 1 unspecified atom stereocenters. The number of hydrogen-bond acceptors (Lipinski definition) is 4. The van der Waals surface area contributed by atoms with Gasteiger partial charge in [0.1, 0.15) is 0 Å². The molecular weight excluding hydrogens is 347 g/mol. The van der Waals surface area contributed by atoms with Crippen LogP contribution in [0.25, 0.3) is 0 Å². The smallest absolute Gasteiger partial charge is 0.367 e. The van der Waals surface area contributed by atoms with Crippen LogP contribution in [0.4, 0.5) is 13.2 Å². The van der Waals surface area contributed by atoms with Crippen molar-refractivity contribution in [1.29, 1.82) is 0 Å². The molecule has 5 nitrogen and oxygen atoms in total. The van der Waals surface area contributed by atoms with Crippen LogP contribution >= 0.6 is 0 Å². The number of sulfonamides is 1. The minimum Gasteiger partial charge on any atom is -0.367 e. The lowest BCUT2D eigenvalue weighted by Crippen LogP contribution is -2.52. The molecule has 0 aromatic carbocycles. The predicted octanol–water partition coefficient (Wildman–Crippen LogP) is 2.37. The topological polar surface area (TPSA) is 75.6 Å². The molecule has 24 heavy (non-hydrogen) atoms. The standard InChI is InChI=1S/C15H24F3NO4S/c16-15(17,18)24(21,22)19-2-1-3-23-13(20)14-7-10-4-11(8-14)6-12(5-10)9-14/h10-13,19-20H,1-9H2. The van der Waals surface area contributed by atoms with Gasteiger partial charge in [0.25, 0.3) is 0 Å². The zero-order valence-electron chi connectivity index (χ0n) is 13.4. The van der Waals surface area contributed by atoms with Gasteiger partial charge in [0, 0.05) is 12.0 Å². The van der Waals surface area contributed by atoms with Gasteiger partial charge in [-0.1, -0.05) is 0 Å². The van der Waals surface area contributed by atoms with E-state index in [1.807, 2.05) is 0 Å². The Hall–Kier alpha value is -0.380. The van der Waals surface area contributed by atoms with E-state index < -0.39 is 21.8 Å². The second-order valence-corrected chi connectivity index (χ2v) is 9.46. The van der Waals surface area contributed by atoms with E-state index in [0.717, 1.165) is 19.3 Å². The van der Waals surface area contributed by atoms with Crippen molar-refractivity contribution in [3.8, 4) is 0 Å². The molecule has 0 heterocycles. The van der Waals surface area contributed by atoms with Crippen molar-refractivity contribution < 1.29 is 31.4 Å². The normalized spacial score (nSPS) is 36.9. The van der Waals surface area contributed by atoms with Crippen molar-refractivity contribution >= 4 is 10.0 Å². The van der Waals surface area contributed by atoms with Gasteiger partial charge in [0.2, 0.25) is 0 Å². The van der Waals surface area contributed by atoms with E-state index in [1.165, 1.54) is 24.0 Å². The van der Waals surface area contributed by atoms with Gasteiger partial charge in [-0.2, -0.15) is 13.2 Å². The van der Waals surface area contributed by atoms with Gasteiger partial charge >= 0.3 is 15.5 Å². The quantitative estimate of drug-likeness (QED) is 0.532. The number of alkyl halides is 3. The van der Waals surface area contributed by atoms with E-state index in [4.69, 9.17) is 4.74 Å². The third-order valence-corrected chi connectivity index (χ3v) is 7.00. The maximum absolute atomic E-state index is 12.2. The molecule has 2 N–H and O–H groups in total. The van der Waals surface area contributed by atoms with E-state index in [-0.39, 0.29) is 25.0 Å². The number of aliphatic hydroxyl groups excluding tert-OH is 1. The first-order valence-corrected chi connectivity index (χ1v) is 9.95. The maximum atomic E-state index is 12.2. The number of aliphatic hydroxyl groups is 1. The molecule has 0 aliphatic heterocycles. The molecule has 140 valence electrons. The van der Waals surface area contributed by atoms with Gasteiger partial charge in [-0.25, -0.2) is 13.1 Å². The van der Waals surface area contributed by atoms with Crippen LogP contribution in [0.2, 0.25) is 0 Å². The number of rotatable bonds is 7. The third-order valence-electron chi connectivity index (χ3n) is 5.80. The van der Waals surface area contributed by atoms with Crippen LogP contribution in [0, 0.1) is 23.2 Å². The summed E-state index contributed by atoms with van der Waals surface area (Å²) in [5, 5.41) is 10.5. The van der Waals surface area contributed by atoms with Crippen LogP contribution < -0.4 is 4.72 Å². The summed E-state index contributed by atoms with van der Waals surface area (Å²) >= 11 is 0. The Balaban J connectivity index is 1.43. The first-order valence-electron chi connectivity index (χ1n) is 8.47. The van der Waals surface area contributed by atoms with Gasteiger partial charge in [-0.15, -0.1) is 0 Å². The average Bonchev–Trinajstić information content (AvgIpc) is 2.43. The largest absolute Gasteiger partial charge is 0.511 e. The van der Waals surface area contributed by atoms with E-state index in [0.29, 0.717) is 17.8 Å². The second kappa shape index (κ2) is 6.41. The summed E-state index contributed by atoms with van der Waals surface area (Å²) in [6.07, 6.45) is 5.77. The van der Waals surface area contributed by atoms with Crippen LogP contribution in [0.15, 0.2) is 0 Å². The van der Waals surface area contributed by atoms with Crippen molar-refractivity contribution in [2.45, 2.75) is 56.7 Å². The fourth-order valence-corrected chi connectivity index (χ4v) is 5.79. The SMILES string of the molecule is O=S(=O)(NCCCOC(O)C12CC3CC(CC(C3)C1)C2)C(F)(F)F. The van der Waals surface area contributed by atoms with Crippen LogP contribution in [-0.4, -0.2) is 38.5 Å². The van der Waals surface area contributed by atoms with E-state index in [2.05, 4.69) is 0 Å². The van der Waals surface area contributed by atoms with Crippen molar-refractivity contribution in [1.82, 2.24) is 4.72 Å². The predicted molar refractivity (Wildman–Crippen MR) is 80.2 cm³/mol. The maximum Gasteiger partial charge on any atom is 0.511 e. The Morgan fingerprint density at radius 1 is 1.12 bits per heavy atom. The second-order valence-electron chi connectivity index (χ2n) is 7.70. The van der Waals surface area contributed by atoms with Crippen molar-refractivity contribution in [3.05, 3.63) is 0 Å². The first-order chi connectivity index (χ1) is 11.1. The summed E-state index contributed by atoms with van der Waals surface area (Å²) in [5.41, 5.74) is -5.51. The van der Waals surface area contributed by atoms with E-state index in [9.17, 15) is 26.7 Å². The molecule has 0 saturated heterocycles. The number of ether oxygens (including phenoxy) is 1. The van der Waals surface area contributed by atoms with Gasteiger partial charge in [0.15, 0.2) is 6.29 Å². The summed E-state index contributed by atoms with van der Waals surface area (Å²) in [5.74, 6) is 1.98. The Bertz CT molecular complexity index is 528. The lowest BCUT2D eigenvalue weighted by atomic mass is 9.49. The fourth-order valence-electron chi connectivity index (χ4n) is 5.21. The average molecular weight is 371 g/mol. The molecule has 4 aliphatic rings. The summed E-state index contributed by atoms with van der Waals surface area (Å²) in [4.78, 5) is 0. The minimum absolute atomic E-state index is 0.0310. The van der Waals surface area contributed by atoms with Gasteiger partial charge < -0.3 is 9.84 Å². The molecular formula is C15H24F3NO4S. The molecule has 0 aromatic heterocycles. The molecule has 4 rings (SSSR count). The van der Waals surface area contributed by atoms with Gasteiger partial charge in [-0.3, -0.25) is 0 Å². The molecule has 4 aliphatic carbocycles. The first kappa shape index (κ1) is 18.4. The number of hydrogen-bond donors (Lipinski definition) is 2. The highest BCUT2D eigenvalue weighted by atomic mass is 32.2. The molecule has 0 radical (unpaired) electrons. The van der Waals surface area contributed by atoms with Gasteiger partial charge in [-0.05, 0) is 62.7 Å². The fraction of sp³-hybridized carbons (Fsp3) is 1.00. The Morgan fingerprint density at radius 2 is 1.62 bits per heavy atom. The molecule has 9 heteroatoms. The highest BCUT2D eigenvalue weighted by Gasteiger charge is 2.54. The summed E-state index contributed by atoms with van der Waals surface area (Å²) < 4.78 is 65.2. The van der Waals surface area contributed by atoms with Crippen LogP contribution in [0.1, 0.15) is 44.9 Å². The molecule has 4 fully saturated rings. The summed E-state index contributed by atoms with van der Waals surface area (Å²) in [6.45, 7) is -0.335. The van der Waals surface area contributed by atoms with Crippen LogP contribution in [0.3, 0.4) is 0 Å². The lowest BCUT2D eigenvalue weighted by Gasteiger charge is -2.57.